The minimum atomic E-state index is 0.368. The summed E-state index contributed by atoms with van der Waals surface area (Å²) in [6, 6.07) is 8.60. The van der Waals surface area contributed by atoms with Crippen LogP contribution in [-0.4, -0.2) is 54.6 Å². The van der Waals surface area contributed by atoms with Gasteiger partial charge in [0.1, 0.15) is 0 Å². The number of likely N-dealkylation sites (tertiary alicyclic amines) is 1. The molecular formula is C26H40N4. The lowest BCUT2D eigenvalue weighted by molar-refractivity contribution is 0.235. The number of nitrogens with one attached hydrogen (secondary N) is 2. The molecule has 3 atom stereocenters. The molecule has 0 amide bonds. The highest BCUT2D eigenvalue weighted by Gasteiger charge is 2.33. The summed E-state index contributed by atoms with van der Waals surface area (Å²) in [6.45, 7) is 13.2. The van der Waals surface area contributed by atoms with Crippen LogP contribution >= 0.6 is 0 Å². The molecule has 3 aliphatic rings. The van der Waals surface area contributed by atoms with Crippen molar-refractivity contribution in [2.24, 2.45) is 0 Å². The van der Waals surface area contributed by atoms with Crippen LogP contribution in [0.3, 0.4) is 0 Å². The Hall–Kier alpha value is -1.78. The summed E-state index contributed by atoms with van der Waals surface area (Å²) in [5.74, 6) is 0. The molecular weight excluding hydrogens is 368 g/mol. The third kappa shape index (κ3) is 4.60. The Kier molecular flexibility index (Phi) is 7.16. The molecule has 30 heavy (non-hydrogen) atoms. The second-order valence-electron chi connectivity index (χ2n) is 9.34. The maximum absolute atomic E-state index is 4.43. The van der Waals surface area contributed by atoms with Gasteiger partial charge in [-0.15, -0.1) is 6.58 Å². The van der Waals surface area contributed by atoms with Crippen molar-refractivity contribution in [3.05, 3.63) is 48.6 Å². The van der Waals surface area contributed by atoms with E-state index in [-0.39, 0.29) is 0 Å². The fraction of sp³-hybridized carbons (Fsp3) is 0.615. The molecule has 2 fully saturated rings. The van der Waals surface area contributed by atoms with Crippen LogP contribution in [0.5, 0.6) is 0 Å². The minimum absolute atomic E-state index is 0.368. The fourth-order valence-electron chi connectivity index (χ4n) is 5.74. The average molecular weight is 409 g/mol. The summed E-state index contributed by atoms with van der Waals surface area (Å²) >= 11 is 0. The molecule has 4 rings (SSSR count). The van der Waals surface area contributed by atoms with E-state index in [1.165, 1.54) is 74.8 Å². The van der Waals surface area contributed by atoms with Crippen LogP contribution < -0.4 is 10.6 Å². The standard InChI is InChI=1S/C26H40N4/c1-4-23(10-5-6-15-27-3)30-19-21-18-22(13-14-24(21)20(30)2)28-25-11-9-12-26(25)29-16-7-8-17-29/h4,13-14,18,23,25-28H,1-2,5-12,15-17,19H2,3H3. The first-order chi connectivity index (χ1) is 14.7. The zero-order chi connectivity index (χ0) is 20.9. The van der Waals surface area contributed by atoms with E-state index < -0.39 is 0 Å². The molecule has 0 aromatic heterocycles. The van der Waals surface area contributed by atoms with Crippen LogP contribution in [0.1, 0.15) is 62.5 Å². The van der Waals surface area contributed by atoms with Crippen molar-refractivity contribution in [2.75, 3.05) is 32.0 Å². The van der Waals surface area contributed by atoms with Crippen LogP contribution in [0.2, 0.25) is 0 Å². The Bertz CT molecular complexity index is 737. The van der Waals surface area contributed by atoms with Crippen LogP contribution in [-0.2, 0) is 6.54 Å². The Balaban J connectivity index is 1.39. The Labute approximate surface area is 183 Å². The summed E-state index contributed by atoms with van der Waals surface area (Å²) in [5.41, 5.74) is 5.16. The molecule has 1 aromatic carbocycles. The largest absolute Gasteiger partial charge is 0.381 e. The first-order valence-electron chi connectivity index (χ1n) is 12.1. The summed E-state index contributed by atoms with van der Waals surface area (Å²) in [5, 5.41) is 7.14. The highest BCUT2D eigenvalue weighted by atomic mass is 15.2. The summed E-state index contributed by atoms with van der Waals surface area (Å²) < 4.78 is 0. The minimum Gasteiger partial charge on any atom is -0.381 e. The maximum atomic E-state index is 4.43. The SMILES string of the molecule is C=CC(CCCCNC)N1Cc2cc(NC3CCCC3N3CCCC3)ccc2C1=C. The molecule has 2 N–H and O–H groups in total. The number of benzene rings is 1. The Morgan fingerprint density at radius 2 is 2.00 bits per heavy atom. The Morgan fingerprint density at radius 1 is 1.17 bits per heavy atom. The third-order valence-corrected chi connectivity index (χ3v) is 7.39. The topological polar surface area (TPSA) is 30.5 Å². The predicted molar refractivity (Wildman–Crippen MR) is 129 cm³/mol. The highest BCUT2D eigenvalue weighted by Crippen LogP contribution is 2.37. The molecule has 164 valence electrons. The van der Waals surface area contributed by atoms with Crippen molar-refractivity contribution in [2.45, 2.75) is 76.0 Å². The van der Waals surface area contributed by atoms with Crippen molar-refractivity contribution in [3.8, 4) is 0 Å². The first kappa shape index (κ1) is 21.5. The van der Waals surface area contributed by atoms with Gasteiger partial charge >= 0.3 is 0 Å². The normalized spacial score (nSPS) is 25.0. The second kappa shape index (κ2) is 10.0. The monoisotopic (exact) mass is 408 g/mol. The van der Waals surface area contributed by atoms with Crippen molar-refractivity contribution < 1.29 is 0 Å². The Morgan fingerprint density at radius 3 is 2.77 bits per heavy atom. The number of fused-ring (bicyclic) bond motifs is 1. The number of hydrogen-bond donors (Lipinski definition) is 2. The van der Waals surface area contributed by atoms with Gasteiger partial charge in [-0.1, -0.05) is 18.7 Å². The molecule has 0 spiro atoms. The molecule has 4 nitrogen and oxygen atoms in total. The van der Waals surface area contributed by atoms with E-state index in [9.17, 15) is 0 Å². The highest BCUT2D eigenvalue weighted by molar-refractivity contribution is 5.72. The molecule has 4 heteroatoms. The third-order valence-electron chi connectivity index (χ3n) is 7.39. The molecule has 2 heterocycles. The molecule has 1 saturated heterocycles. The molecule has 1 aliphatic carbocycles. The van der Waals surface area contributed by atoms with Crippen molar-refractivity contribution >= 4 is 11.4 Å². The van der Waals surface area contributed by atoms with E-state index in [4.69, 9.17) is 0 Å². The molecule has 1 aromatic rings. The number of nitrogens with zero attached hydrogens (tertiary/aromatic N) is 2. The second-order valence-corrected chi connectivity index (χ2v) is 9.34. The number of unbranched alkanes of at least 4 members (excludes halogenated alkanes) is 1. The van der Waals surface area contributed by atoms with E-state index in [1.807, 2.05) is 7.05 Å². The fourth-order valence-corrected chi connectivity index (χ4v) is 5.74. The number of hydrogen-bond acceptors (Lipinski definition) is 4. The van der Waals surface area contributed by atoms with Crippen LogP contribution in [0.4, 0.5) is 5.69 Å². The summed E-state index contributed by atoms with van der Waals surface area (Å²) in [6.07, 6.45) is 12.4. The van der Waals surface area contributed by atoms with Crippen LogP contribution in [0.25, 0.3) is 5.70 Å². The lowest BCUT2D eigenvalue weighted by Crippen LogP contribution is -2.42. The van der Waals surface area contributed by atoms with Gasteiger partial charge in [-0.3, -0.25) is 4.90 Å². The van der Waals surface area contributed by atoms with Gasteiger partial charge in [0.25, 0.3) is 0 Å². The van der Waals surface area contributed by atoms with Gasteiger partial charge in [-0.2, -0.15) is 0 Å². The number of rotatable bonds is 10. The molecule has 1 saturated carbocycles. The van der Waals surface area contributed by atoms with Gasteiger partial charge in [0.15, 0.2) is 0 Å². The van der Waals surface area contributed by atoms with E-state index >= 15 is 0 Å². The van der Waals surface area contributed by atoms with E-state index in [0.29, 0.717) is 12.1 Å². The van der Waals surface area contributed by atoms with Gasteiger partial charge < -0.3 is 15.5 Å². The van der Waals surface area contributed by atoms with Gasteiger partial charge in [0.05, 0.1) is 0 Å². The van der Waals surface area contributed by atoms with Crippen molar-refractivity contribution in [1.82, 2.24) is 15.1 Å². The predicted octanol–water partition coefficient (Wildman–Crippen LogP) is 4.85. The first-order valence-corrected chi connectivity index (χ1v) is 12.1. The van der Waals surface area contributed by atoms with E-state index in [2.05, 4.69) is 57.9 Å². The molecule has 2 aliphatic heterocycles. The number of anilines is 1. The van der Waals surface area contributed by atoms with Gasteiger partial charge in [-0.05, 0) is 95.7 Å². The van der Waals surface area contributed by atoms with E-state index in [0.717, 1.165) is 31.2 Å². The molecule has 0 bridgehead atoms. The van der Waals surface area contributed by atoms with Crippen LogP contribution in [0, 0.1) is 0 Å². The zero-order valence-electron chi connectivity index (χ0n) is 18.8. The zero-order valence-corrected chi connectivity index (χ0v) is 18.8. The van der Waals surface area contributed by atoms with Gasteiger partial charge in [0.2, 0.25) is 0 Å². The lowest BCUT2D eigenvalue weighted by atomic mass is 10.1. The van der Waals surface area contributed by atoms with Crippen LogP contribution in [0.15, 0.2) is 37.4 Å². The van der Waals surface area contributed by atoms with Crippen molar-refractivity contribution in [3.63, 3.8) is 0 Å². The molecule has 3 unspecified atom stereocenters. The average Bonchev–Trinajstić information content (AvgIpc) is 3.49. The lowest BCUT2D eigenvalue weighted by Gasteiger charge is -2.30. The summed E-state index contributed by atoms with van der Waals surface area (Å²) in [4.78, 5) is 5.17. The van der Waals surface area contributed by atoms with Crippen molar-refractivity contribution in [1.29, 1.82) is 0 Å². The van der Waals surface area contributed by atoms with Gasteiger partial charge in [-0.25, -0.2) is 0 Å². The maximum Gasteiger partial charge on any atom is 0.0474 e. The summed E-state index contributed by atoms with van der Waals surface area (Å²) in [7, 11) is 2.02. The quantitative estimate of drug-likeness (QED) is 0.428. The van der Waals surface area contributed by atoms with E-state index in [1.54, 1.807) is 0 Å². The van der Waals surface area contributed by atoms with Gasteiger partial charge in [0, 0.05) is 41.6 Å². The smallest absolute Gasteiger partial charge is 0.0474 e. The molecule has 0 radical (unpaired) electrons.